The van der Waals surface area contributed by atoms with Gasteiger partial charge in [-0.1, -0.05) is 12.1 Å². The largest absolute Gasteiger partial charge is 0.456 e. The molecule has 2 aromatic carbocycles. The predicted molar refractivity (Wildman–Crippen MR) is 101 cm³/mol. The Kier molecular flexibility index (Phi) is 3.69. The van der Waals surface area contributed by atoms with Gasteiger partial charge in [-0.2, -0.15) is 0 Å². The Balaban J connectivity index is 1.62. The van der Waals surface area contributed by atoms with Gasteiger partial charge in [0, 0.05) is 18.0 Å². The second-order valence-electron chi connectivity index (χ2n) is 7.38. The highest BCUT2D eigenvalue weighted by Crippen LogP contribution is 2.44. The van der Waals surface area contributed by atoms with Crippen molar-refractivity contribution in [3.8, 4) is 11.5 Å². The smallest absolute Gasteiger partial charge is 0.336 e. The average molecular weight is 377 g/mol. The molecule has 3 aliphatic rings. The van der Waals surface area contributed by atoms with Crippen molar-refractivity contribution in [1.29, 1.82) is 0 Å². The van der Waals surface area contributed by atoms with Gasteiger partial charge in [-0.25, -0.2) is 4.79 Å². The number of aryl methyl sites for hydroxylation is 2. The van der Waals surface area contributed by atoms with E-state index in [0.29, 0.717) is 22.8 Å². The summed E-state index contributed by atoms with van der Waals surface area (Å²) in [5.41, 5.74) is 4.94. The molecule has 0 saturated carbocycles. The van der Waals surface area contributed by atoms with Crippen LogP contribution in [0, 0.1) is 13.8 Å². The van der Waals surface area contributed by atoms with E-state index >= 15 is 0 Å². The van der Waals surface area contributed by atoms with E-state index in [-0.39, 0.29) is 37.6 Å². The number of ether oxygens (including phenoxy) is 3. The molecule has 2 aromatic rings. The molecule has 0 aliphatic carbocycles. The molecule has 142 valence electrons. The van der Waals surface area contributed by atoms with Crippen molar-refractivity contribution in [3.63, 3.8) is 0 Å². The zero-order valence-corrected chi connectivity index (χ0v) is 15.7. The highest BCUT2D eigenvalue weighted by molar-refractivity contribution is 6.06. The fourth-order valence-corrected chi connectivity index (χ4v) is 4.25. The van der Waals surface area contributed by atoms with E-state index in [1.54, 1.807) is 4.90 Å². The van der Waals surface area contributed by atoms with Gasteiger partial charge in [-0.05, 0) is 54.8 Å². The van der Waals surface area contributed by atoms with Crippen molar-refractivity contribution < 1.29 is 23.8 Å². The number of hydrogen-bond acceptors (Lipinski definition) is 5. The first-order valence-electron chi connectivity index (χ1n) is 9.22. The molecule has 3 aliphatic heterocycles. The van der Waals surface area contributed by atoms with Crippen molar-refractivity contribution in [2.24, 2.45) is 0 Å². The van der Waals surface area contributed by atoms with Crippen molar-refractivity contribution in [2.75, 3.05) is 18.3 Å². The van der Waals surface area contributed by atoms with Gasteiger partial charge in [0.1, 0.15) is 6.61 Å². The standard InChI is InChI=1S/C22H19NO5/c1-12-5-13(2)7-15(6-12)23-17-10-26-22(25)21(17)16(9-20(23)24)14-3-4-18-19(8-14)28-11-27-18/h3-8,16H,9-11H2,1-2H3. The van der Waals surface area contributed by atoms with Gasteiger partial charge < -0.3 is 14.2 Å². The van der Waals surface area contributed by atoms with Crippen LogP contribution in [0.15, 0.2) is 47.7 Å². The third-order valence-corrected chi connectivity index (χ3v) is 5.38. The van der Waals surface area contributed by atoms with Gasteiger partial charge in [0.05, 0.1) is 11.3 Å². The van der Waals surface area contributed by atoms with Gasteiger partial charge in [0.25, 0.3) is 0 Å². The first kappa shape index (κ1) is 16.9. The van der Waals surface area contributed by atoms with Gasteiger partial charge in [0.15, 0.2) is 11.5 Å². The Morgan fingerprint density at radius 1 is 0.929 bits per heavy atom. The monoisotopic (exact) mass is 377 g/mol. The Bertz CT molecular complexity index is 1030. The lowest BCUT2D eigenvalue weighted by Gasteiger charge is -2.32. The number of cyclic esters (lactones) is 1. The first-order valence-corrected chi connectivity index (χ1v) is 9.22. The SMILES string of the molecule is Cc1cc(C)cc(N2C(=O)CC(c3ccc4c(c3)OCO4)C3=C2COC3=O)c1. The first-order chi connectivity index (χ1) is 13.5. The molecule has 1 atom stereocenters. The third kappa shape index (κ3) is 2.56. The second-order valence-corrected chi connectivity index (χ2v) is 7.38. The van der Waals surface area contributed by atoms with Crippen molar-refractivity contribution in [1.82, 2.24) is 0 Å². The molecule has 6 nitrogen and oxygen atoms in total. The van der Waals surface area contributed by atoms with Crippen LogP contribution in [0.5, 0.6) is 11.5 Å². The molecular formula is C22H19NO5. The second kappa shape index (κ2) is 6.12. The van der Waals surface area contributed by atoms with Crippen LogP contribution in [0.3, 0.4) is 0 Å². The summed E-state index contributed by atoms with van der Waals surface area (Å²) < 4.78 is 16.2. The van der Waals surface area contributed by atoms with E-state index in [9.17, 15) is 9.59 Å². The average Bonchev–Trinajstić information content (AvgIpc) is 3.26. The van der Waals surface area contributed by atoms with Gasteiger partial charge in [0.2, 0.25) is 12.7 Å². The van der Waals surface area contributed by atoms with Crippen LogP contribution in [-0.2, 0) is 14.3 Å². The molecule has 0 aromatic heterocycles. The number of fused-ring (bicyclic) bond motifs is 1. The minimum Gasteiger partial charge on any atom is -0.456 e. The molecular weight excluding hydrogens is 358 g/mol. The normalized spacial score (nSPS) is 20.5. The van der Waals surface area contributed by atoms with E-state index in [0.717, 1.165) is 22.4 Å². The molecule has 0 saturated heterocycles. The molecule has 0 spiro atoms. The van der Waals surface area contributed by atoms with Gasteiger partial charge in [-0.15, -0.1) is 0 Å². The maximum Gasteiger partial charge on any atom is 0.336 e. The lowest BCUT2D eigenvalue weighted by molar-refractivity contribution is -0.136. The minimum atomic E-state index is -0.362. The summed E-state index contributed by atoms with van der Waals surface area (Å²) in [6.07, 6.45) is 0.195. The number of carbonyl (C=O) groups excluding carboxylic acids is 2. The minimum absolute atomic E-state index is 0.0512. The Hall–Kier alpha value is -3.28. The molecule has 1 unspecified atom stereocenters. The molecule has 1 amide bonds. The predicted octanol–water partition coefficient (Wildman–Crippen LogP) is 3.36. The fraction of sp³-hybridized carbons (Fsp3) is 0.273. The zero-order chi connectivity index (χ0) is 19.4. The molecule has 0 fully saturated rings. The van der Waals surface area contributed by atoms with Crippen LogP contribution >= 0.6 is 0 Å². The molecule has 0 N–H and O–H groups in total. The number of rotatable bonds is 2. The van der Waals surface area contributed by atoms with E-state index in [1.807, 2.05) is 44.2 Å². The van der Waals surface area contributed by atoms with Crippen molar-refractivity contribution >= 4 is 17.6 Å². The molecule has 6 heteroatoms. The summed E-state index contributed by atoms with van der Waals surface area (Å²) in [7, 11) is 0. The molecule has 0 bridgehead atoms. The van der Waals surface area contributed by atoms with E-state index in [2.05, 4.69) is 6.07 Å². The Morgan fingerprint density at radius 3 is 2.46 bits per heavy atom. The number of carbonyl (C=O) groups is 2. The summed E-state index contributed by atoms with van der Waals surface area (Å²) in [5.74, 6) is 0.541. The molecule has 0 radical (unpaired) electrons. The number of hydrogen-bond donors (Lipinski definition) is 0. The van der Waals surface area contributed by atoms with Crippen molar-refractivity contribution in [2.45, 2.75) is 26.2 Å². The number of nitrogens with zero attached hydrogens (tertiary/aromatic N) is 1. The number of esters is 1. The van der Waals surface area contributed by atoms with Gasteiger partial charge in [-0.3, -0.25) is 9.69 Å². The van der Waals surface area contributed by atoms with Crippen LogP contribution in [0.2, 0.25) is 0 Å². The third-order valence-electron chi connectivity index (χ3n) is 5.38. The molecule has 5 rings (SSSR count). The zero-order valence-electron chi connectivity index (χ0n) is 15.7. The maximum atomic E-state index is 13.2. The Morgan fingerprint density at radius 2 is 1.68 bits per heavy atom. The van der Waals surface area contributed by atoms with E-state index in [4.69, 9.17) is 14.2 Å². The fourth-order valence-electron chi connectivity index (χ4n) is 4.25. The van der Waals surface area contributed by atoms with Crippen LogP contribution in [0.4, 0.5) is 5.69 Å². The quantitative estimate of drug-likeness (QED) is 0.751. The number of benzene rings is 2. The molecule has 3 heterocycles. The Labute approximate surface area is 162 Å². The summed E-state index contributed by atoms with van der Waals surface area (Å²) in [5, 5.41) is 0. The van der Waals surface area contributed by atoms with Crippen LogP contribution in [0.1, 0.15) is 29.0 Å². The highest BCUT2D eigenvalue weighted by Gasteiger charge is 2.43. The van der Waals surface area contributed by atoms with E-state index in [1.165, 1.54) is 0 Å². The van der Waals surface area contributed by atoms with Crippen LogP contribution in [0.25, 0.3) is 0 Å². The lowest BCUT2D eigenvalue weighted by atomic mass is 9.84. The van der Waals surface area contributed by atoms with Gasteiger partial charge >= 0.3 is 5.97 Å². The lowest BCUT2D eigenvalue weighted by Crippen LogP contribution is -2.37. The maximum absolute atomic E-state index is 13.2. The topological polar surface area (TPSA) is 65.1 Å². The number of anilines is 1. The summed E-state index contributed by atoms with van der Waals surface area (Å²) in [6.45, 7) is 4.27. The van der Waals surface area contributed by atoms with E-state index < -0.39 is 0 Å². The van der Waals surface area contributed by atoms with Crippen LogP contribution < -0.4 is 14.4 Å². The highest BCUT2D eigenvalue weighted by atomic mass is 16.7. The molecule has 28 heavy (non-hydrogen) atoms. The van der Waals surface area contributed by atoms with Crippen molar-refractivity contribution in [3.05, 3.63) is 64.4 Å². The summed E-state index contributed by atoms with van der Waals surface area (Å²) >= 11 is 0. The summed E-state index contributed by atoms with van der Waals surface area (Å²) in [4.78, 5) is 27.4. The van der Waals surface area contributed by atoms with Crippen LogP contribution in [-0.4, -0.2) is 25.3 Å². The summed E-state index contributed by atoms with van der Waals surface area (Å²) in [6, 6.07) is 11.5. The number of amides is 1.